The lowest BCUT2D eigenvalue weighted by molar-refractivity contribution is 0.138. The number of para-hydroxylation sites is 1. The number of hydrogen-bond donors (Lipinski definition) is 1. The third kappa shape index (κ3) is 5.83. The first-order valence-corrected chi connectivity index (χ1v) is 10.8. The average molecular weight is 391 g/mol. The van der Waals surface area contributed by atoms with Gasteiger partial charge in [-0.2, -0.15) is 0 Å². The van der Waals surface area contributed by atoms with Crippen LogP contribution in [-0.4, -0.2) is 19.3 Å². The molecule has 0 saturated carbocycles. The van der Waals surface area contributed by atoms with Crippen molar-refractivity contribution in [2.24, 2.45) is 0 Å². The van der Waals surface area contributed by atoms with Crippen molar-refractivity contribution >= 4 is 13.3 Å². The predicted molar refractivity (Wildman–Crippen MR) is 111 cm³/mol. The Balaban J connectivity index is 2.55. The minimum atomic E-state index is -3.57. The Bertz CT molecular complexity index is 760. The normalized spacial score (nSPS) is 13.0. The SMILES string of the molecule is COc1ccccc1C(Nc1ccc(C)cc1)P(=O)(OC(C)C)OC(C)C. The van der Waals surface area contributed by atoms with Gasteiger partial charge in [0.25, 0.3) is 0 Å². The molecule has 2 aromatic carbocycles. The highest BCUT2D eigenvalue weighted by Crippen LogP contribution is 2.63. The van der Waals surface area contributed by atoms with Gasteiger partial charge < -0.3 is 19.1 Å². The summed E-state index contributed by atoms with van der Waals surface area (Å²) in [4.78, 5) is 0. The third-order valence-electron chi connectivity index (χ3n) is 3.82. The van der Waals surface area contributed by atoms with Gasteiger partial charge in [-0.15, -0.1) is 0 Å². The molecule has 0 aliphatic heterocycles. The highest BCUT2D eigenvalue weighted by Gasteiger charge is 2.40. The van der Waals surface area contributed by atoms with E-state index in [0.29, 0.717) is 5.75 Å². The van der Waals surface area contributed by atoms with Gasteiger partial charge in [0.2, 0.25) is 0 Å². The van der Waals surface area contributed by atoms with Gasteiger partial charge in [0, 0.05) is 11.3 Å². The lowest BCUT2D eigenvalue weighted by Gasteiger charge is -2.32. The van der Waals surface area contributed by atoms with Crippen molar-refractivity contribution in [3.8, 4) is 5.75 Å². The first-order valence-electron chi connectivity index (χ1n) is 9.18. The van der Waals surface area contributed by atoms with Crippen LogP contribution in [0.3, 0.4) is 0 Å². The molecule has 1 unspecified atom stereocenters. The maximum atomic E-state index is 13.9. The van der Waals surface area contributed by atoms with Crippen LogP contribution in [-0.2, 0) is 13.6 Å². The van der Waals surface area contributed by atoms with Crippen molar-refractivity contribution < 1.29 is 18.3 Å². The van der Waals surface area contributed by atoms with Crippen molar-refractivity contribution in [3.05, 3.63) is 59.7 Å². The van der Waals surface area contributed by atoms with Crippen LogP contribution < -0.4 is 10.1 Å². The summed E-state index contributed by atoms with van der Waals surface area (Å²) in [7, 11) is -1.98. The number of rotatable bonds is 9. The second kappa shape index (κ2) is 9.41. The standard InChI is InChI=1S/C21H30NO4P/c1-15(2)25-27(23,26-16(3)4)21(19-9-7-8-10-20(19)24-6)22-18-13-11-17(5)12-14-18/h7-16,21-22H,1-6H3. The molecule has 0 amide bonds. The molecule has 0 radical (unpaired) electrons. The molecule has 5 nitrogen and oxygen atoms in total. The number of nitrogens with one attached hydrogen (secondary N) is 1. The summed E-state index contributed by atoms with van der Waals surface area (Å²) in [6, 6.07) is 15.4. The largest absolute Gasteiger partial charge is 0.496 e. The van der Waals surface area contributed by atoms with Gasteiger partial charge in [0.05, 0.1) is 19.3 Å². The molecule has 27 heavy (non-hydrogen) atoms. The van der Waals surface area contributed by atoms with Gasteiger partial charge in [-0.05, 0) is 52.8 Å². The van der Waals surface area contributed by atoms with E-state index in [1.807, 2.05) is 83.1 Å². The molecule has 1 N–H and O–H groups in total. The number of hydrogen-bond acceptors (Lipinski definition) is 5. The first-order chi connectivity index (χ1) is 12.7. The quantitative estimate of drug-likeness (QED) is 0.519. The zero-order chi connectivity index (χ0) is 20.0. The number of ether oxygens (including phenoxy) is 1. The molecular weight excluding hydrogens is 361 g/mol. The van der Waals surface area contributed by atoms with Crippen molar-refractivity contribution in [1.82, 2.24) is 0 Å². The molecule has 0 aliphatic carbocycles. The predicted octanol–water partition coefficient (Wildman–Crippen LogP) is 6.16. The Kier molecular flexibility index (Phi) is 7.49. The van der Waals surface area contributed by atoms with Crippen molar-refractivity contribution in [2.75, 3.05) is 12.4 Å². The van der Waals surface area contributed by atoms with E-state index < -0.39 is 13.4 Å². The van der Waals surface area contributed by atoms with Crippen LogP contribution in [0, 0.1) is 6.92 Å². The van der Waals surface area contributed by atoms with E-state index in [-0.39, 0.29) is 12.2 Å². The van der Waals surface area contributed by atoms with Crippen LogP contribution in [0.15, 0.2) is 48.5 Å². The smallest absolute Gasteiger partial charge is 0.357 e. The molecule has 0 aliphatic rings. The fourth-order valence-corrected chi connectivity index (χ4v) is 5.09. The number of benzene rings is 2. The van der Waals surface area contributed by atoms with Gasteiger partial charge in [0.1, 0.15) is 5.75 Å². The van der Waals surface area contributed by atoms with E-state index in [0.717, 1.165) is 16.8 Å². The van der Waals surface area contributed by atoms with Crippen LogP contribution in [0.1, 0.15) is 44.6 Å². The molecule has 0 saturated heterocycles. The third-order valence-corrected chi connectivity index (χ3v) is 6.29. The maximum Gasteiger partial charge on any atom is 0.357 e. The average Bonchev–Trinajstić information content (AvgIpc) is 2.59. The van der Waals surface area contributed by atoms with Crippen LogP contribution >= 0.6 is 7.60 Å². The van der Waals surface area contributed by atoms with E-state index in [2.05, 4.69) is 5.32 Å². The second-order valence-electron chi connectivity index (χ2n) is 7.00. The first kappa shape index (κ1) is 21.5. The number of methoxy groups -OCH3 is 1. The van der Waals surface area contributed by atoms with E-state index in [1.165, 1.54) is 0 Å². The van der Waals surface area contributed by atoms with Crippen LogP contribution in [0.2, 0.25) is 0 Å². The zero-order valence-electron chi connectivity index (χ0n) is 16.9. The fourth-order valence-electron chi connectivity index (χ4n) is 2.76. The van der Waals surface area contributed by atoms with Gasteiger partial charge in [-0.1, -0.05) is 35.9 Å². The van der Waals surface area contributed by atoms with E-state index in [1.54, 1.807) is 7.11 Å². The highest BCUT2D eigenvalue weighted by atomic mass is 31.2. The van der Waals surface area contributed by atoms with E-state index >= 15 is 0 Å². The summed E-state index contributed by atoms with van der Waals surface area (Å²) in [6.07, 6.45) is -0.516. The molecule has 148 valence electrons. The van der Waals surface area contributed by atoms with E-state index in [9.17, 15) is 4.57 Å². The maximum absolute atomic E-state index is 13.9. The Morgan fingerprint density at radius 3 is 1.96 bits per heavy atom. The molecule has 0 fully saturated rings. The van der Waals surface area contributed by atoms with Gasteiger partial charge in [-0.25, -0.2) is 0 Å². The summed E-state index contributed by atoms with van der Waals surface area (Å²) in [6.45, 7) is 9.42. The molecule has 2 aromatic rings. The Labute approximate surface area is 162 Å². The fraction of sp³-hybridized carbons (Fsp3) is 0.429. The molecule has 1 atom stereocenters. The molecule has 0 aromatic heterocycles. The molecule has 6 heteroatoms. The highest BCUT2D eigenvalue weighted by molar-refractivity contribution is 7.54. The van der Waals surface area contributed by atoms with E-state index in [4.69, 9.17) is 13.8 Å². The summed E-state index contributed by atoms with van der Waals surface area (Å²) >= 11 is 0. The Morgan fingerprint density at radius 2 is 1.44 bits per heavy atom. The van der Waals surface area contributed by atoms with Crippen LogP contribution in [0.25, 0.3) is 0 Å². The van der Waals surface area contributed by atoms with Crippen LogP contribution in [0.4, 0.5) is 5.69 Å². The summed E-state index contributed by atoms with van der Waals surface area (Å²) < 4.78 is 31.2. The topological polar surface area (TPSA) is 56.8 Å². The number of aryl methyl sites for hydroxylation is 1. The van der Waals surface area contributed by atoms with Gasteiger partial charge >= 0.3 is 7.60 Å². The molecule has 0 spiro atoms. The molecule has 2 rings (SSSR count). The van der Waals surface area contributed by atoms with Crippen molar-refractivity contribution in [2.45, 2.75) is 52.6 Å². The Morgan fingerprint density at radius 1 is 0.889 bits per heavy atom. The summed E-state index contributed by atoms with van der Waals surface area (Å²) in [5.41, 5.74) is 2.70. The van der Waals surface area contributed by atoms with Crippen LogP contribution in [0.5, 0.6) is 5.75 Å². The minimum absolute atomic E-state index is 0.258. The van der Waals surface area contributed by atoms with Gasteiger partial charge in [0.15, 0.2) is 5.78 Å². The Hall–Kier alpha value is -1.81. The monoisotopic (exact) mass is 391 g/mol. The summed E-state index contributed by atoms with van der Waals surface area (Å²) in [5.74, 6) is -0.0804. The van der Waals surface area contributed by atoms with Crippen molar-refractivity contribution in [1.29, 1.82) is 0 Å². The molecule has 0 heterocycles. The number of anilines is 1. The van der Waals surface area contributed by atoms with Crippen molar-refractivity contribution in [3.63, 3.8) is 0 Å². The minimum Gasteiger partial charge on any atom is -0.496 e. The molecular formula is C21H30NO4P. The lowest BCUT2D eigenvalue weighted by Crippen LogP contribution is -2.19. The lowest BCUT2D eigenvalue weighted by atomic mass is 10.2. The molecule has 0 bridgehead atoms. The van der Waals surface area contributed by atoms with Gasteiger partial charge in [-0.3, -0.25) is 4.57 Å². The second-order valence-corrected chi connectivity index (χ2v) is 9.02. The zero-order valence-corrected chi connectivity index (χ0v) is 17.8. The summed E-state index contributed by atoms with van der Waals surface area (Å²) in [5, 5.41) is 3.36.